The van der Waals surface area contributed by atoms with Crippen molar-refractivity contribution in [2.24, 2.45) is 4.99 Å². The predicted molar refractivity (Wildman–Crippen MR) is 290 cm³/mol. The standard InChI is InChI=1S/C25H50N2.6C6F5.2Al/c1-3-5-7-9-11-13-15-17-19-21-24-25(27-23-26-24)22-20-18-16-14-12-10-8-6-4-2;6*7-2-1-3(8)5(10)6(11)4(2)9;;/h23-25H,3-22H2,1-2H3,(H,26,27);;;;;;;;. The Bertz CT molecular complexity index is 3060. The van der Waals surface area contributed by atoms with Crippen molar-refractivity contribution in [2.45, 2.75) is 154 Å². The quantitative estimate of drug-likeness (QED) is 0.0189. The molecule has 0 radical (unpaired) electrons. The van der Waals surface area contributed by atoms with E-state index in [1.54, 1.807) is 0 Å². The maximum atomic E-state index is 14.4. The number of hydrogen-bond donors (Lipinski definition) is 1. The fourth-order valence-electron chi connectivity index (χ4n) is 10.5. The molecule has 1 aliphatic rings. The number of halogens is 30. The van der Waals surface area contributed by atoms with Crippen LogP contribution in [0.2, 0.25) is 0 Å². The van der Waals surface area contributed by atoms with E-state index in [0.717, 1.165) is 0 Å². The van der Waals surface area contributed by atoms with Gasteiger partial charge in [0.25, 0.3) is 0 Å². The van der Waals surface area contributed by atoms with Crippen LogP contribution in [0.4, 0.5) is 132 Å². The minimum absolute atomic E-state index is 0.559. The molecule has 34 heteroatoms. The van der Waals surface area contributed by atoms with Gasteiger partial charge in [0, 0.05) is 6.04 Å². The summed E-state index contributed by atoms with van der Waals surface area (Å²) < 4.78 is 403. The summed E-state index contributed by atoms with van der Waals surface area (Å²) in [5, 5.41) is 3.52. The SMILES string of the molecule is CCCCCCCCCCCC1N=CNC1CCCCCCCCCCC.Fc1c(F)c(F)[c]([Al]([c]2c(F)c(F)c(F)c(F)c2F)[c]2c(F)c(F)c(F)c(F)c2F)c(F)c1F.Fc1c(F)c(F)[c]([Al]([c]2c(F)c(F)c(F)c(F)c2F)[c]2c(F)c(F)c(F)c(F)c2F)c(F)c1F. The molecule has 0 fully saturated rings. The third-order valence-electron chi connectivity index (χ3n) is 15.4. The van der Waals surface area contributed by atoms with E-state index in [2.05, 4.69) is 19.2 Å². The molecule has 0 amide bonds. The molecule has 2 atom stereocenters. The molecule has 6 aromatic rings. The molecule has 2 nitrogen and oxygen atoms in total. The van der Waals surface area contributed by atoms with Crippen molar-refractivity contribution in [1.82, 2.24) is 5.32 Å². The summed E-state index contributed by atoms with van der Waals surface area (Å²) in [6.45, 7) is 4.59. The minimum atomic E-state index is -5.96. The van der Waals surface area contributed by atoms with Gasteiger partial charge in [0.05, 0.1) is 12.4 Å². The van der Waals surface area contributed by atoms with Gasteiger partial charge >= 0.3 is 28.3 Å². The van der Waals surface area contributed by atoms with Crippen molar-refractivity contribution in [3.63, 3.8) is 0 Å². The van der Waals surface area contributed by atoms with Crippen molar-refractivity contribution < 1.29 is 132 Å². The number of nitrogens with one attached hydrogen (secondary N) is 1. The summed E-state index contributed by atoms with van der Waals surface area (Å²) in [5.41, 5.74) is 0. The Labute approximate surface area is 530 Å². The van der Waals surface area contributed by atoms with Gasteiger partial charge in [-0.15, -0.1) is 0 Å². The molecule has 520 valence electrons. The third kappa shape index (κ3) is 17.2. The first-order chi connectivity index (χ1) is 44.7. The van der Waals surface area contributed by atoms with Crippen molar-refractivity contribution in [3.05, 3.63) is 175 Å². The topological polar surface area (TPSA) is 24.4 Å². The Morgan fingerprint density at radius 3 is 0.579 bits per heavy atom. The zero-order valence-electron chi connectivity index (χ0n) is 49.3. The molecule has 1 N–H and O–H groups in total. The number of unbranched alkanes of at least 4 members (excludes halogenated alkanes) is 16. The lowest BCUT2D eigenvalue weighted by Gasteiger charge is -2.20. The van der Waals surface area contributed by atoms with E-state index in [0.29, 0.717) is 12.1 Å². The van der Waals surface area contributed by atoms with Gasteiger partial charge in [-0.3, -0.25) is 4.99 Å². The van der Waals surface area contributed by atoms with Gasteiger partial charge < -0.3 is 5.32 Å². The number of rotatable bonds is 26. The Morgan fingerprint density at radius 1 is 0.232 bits per heavy atom. The molecule has 0 saturated heterocycles. The Balaban J connectivity index is 0.000000260. The molecule has 0 aliphatic carbocycles. The molecule has 0 bridgehead atoms. The predicted octanol–water partition coefficient (Wildman–Crippen LogP) is 16.8. The summed E-state index contributed by atoms with van der Waals surface area (Å²) in [5.74, 6) is -89.2. The van der Waals surface area contributed by atoms with Crippen LogP contribution in [-0.2, 0) is 0 Å². The van der Waals surface area contributed by atoms with E-state index < -0.39 is 229 Å². The van der Waals surface area contributed by atoms with Gasteiger partial charge in [0.1, 0.15) is 0 Å². The second-order valence-electron chi connectivity index (χ2n) is 21.6. The molecule has 0 saturated carbocycles. The van der Waals surface area contributed by atoms with Crippen LogP contribution >= 0.6 is 0 Å². The van der Waals surface area contributed by atoms with Crippen LogP contribution in [0.1, 0.15) is 142 Å². The van der Waals surface area contributed by atoms with Crippen molar-refractivity contribution in [1.29, 1.82) is 0 Å². The highest BCUT2D eigenvalue weighted by molar-refractivity contribution is 6.96. The molecule has 95 heavy (non-hydrogen) atoms. The number of nitrogens with zero attached hydrogens (tertiary/aromatic N) is 1. The molecular weight excluding hydrogens is 1380 g/mol. The first kappa shape index (κ1) is 79.4. The lowest BCUT2D eigenvalue weighted by atomic mass is 9.96. The molecule has 7 rings (SSSR count). The fraction of sp³-hybridized carbons (Fsp3) is 0.393. The largest absolute Gasteiger partial charge is 0.413 e. The highest BCUT2D eigenvalue weighted by atomic mass is 27.2. The van der Waals surface area contributed by atoms with Crippen LogP contribution < -0.4 is 31.9 Å². The Hall–Kier alpha value is -6.25. The van der Waals surface area contributed by atoms with E-state index in [9.17, 15) is 132 Å². The van der Waals surface area contributed by atoms with Gasteiger partial charge in [-0.2, -0.15) is 0 Å². The normalized spacial score (nSPS) is 13.5. The van der Waals surface area contributed by atoms with E-state index in [1.165, 1.54) is 128 Å². The molecule has 1 aliphatic heterocycles. The average molecular weight is 1430 g/mol. The fourth-order valence-corrected chi connectivity index (χ4v) is 16.8. The monoisotopic (exact) mass is 1430 g/mol. The second-order valence-corrected chi connectivity index (χ2v) is 26.8. The molecule has 0 aromatic heterocycles. The Morgan fingerprint density at radius 2 is 0.389 bits per heavy atom. The van der Waals surface area contributed by atoms with E-state index in [1.807, 2.05) is 6.34 Å². The summed E-state index contributed by atoms with van der Waals surface area (Å²) in [7, 11) is 0. The number of hydrogen-bond acceptors (Lipinski definition) is 2. The van der Waals surface area contributed by atoms with Gasteiger partial charge in [0.15, 0.2) is 175 Å². The maximum Gasteiger partial charge on any atom is 0.413 e. The number of benzene rings is 6. The van der Waals surface area contributed by atoms with Gasteiger partial charge in [0.2, 0.25) is 0 Å². The molecule has 6 aromatic carbocycles. The molecule has 1 heterocycles. The van der Waals surface area contributed by atoms with Crippen LogP contribution in [0.5, 0.6) is 0 Å². The first-order valence-corrected chi connectivity index (χ1v) is 32.5. The first-order valence-electron chi connectivity index (χ1n) is 29.1. The second kappa shape index (κ2) is 35.3. The zero-order valence-corrected chi connectivity index (χ0v) is 51.6. The van der Waals surface area contributed by atoms with Crippen LogP contribution in [0.3, 0.4) is 0 Å². The van der Waals surface area contributed by atoms with Crippen LogP contribution in [0.25, 0.3) is 0 Å². The number of aliphatic imine (C=N–C) groups is 1. The van der Waals surface area contributed by atoms with Gasteiger partial charge in [-0.1, -0.05) is 129 Å². The molecular formula is C61H50Al2F30N2. The highest BCUT2D eigenvalue weighted by Crippen LogP contribution is 2.28. The van der Waals surface area contributed by atoms with Crippen LogP contribution in [0, 0.1) is 175 Å². The average Bonchev–Trinajstić information content (AvgIpc) is 0.756. The lowest BCUT2D eigenvalue weighted by molar-refractivity contribution is 0.380. The highest BCUT2D eigenvalue weighted by Gasteiger charge is 2.49. The lowest BCUT2D eigenvalue weighted by Crippen LogP contribution is -2.60. The molecule has 2 unspecified atom stereocenters. The maximum absolute atomic E-state index is 14.4. The van der Waals surface area contributed by atoms with Crippen molar-refractivity contribution >= 4 is 61.2 Å². The van der Waals surface area contributed by atoms with Gasteiger partial charge in [-0.25, -0.2) is 132 Å². The van der Waals surface area contributed by atoms with Gasteiger partial charge in [-0.05, 0) is 39.4 Å². The third-order valence-corrected chi connectivity index (χ3v) is 21.9. The van der Waals surface area contributed by atoms with Crippen LogP contribution in [0.15, 0.2) is 4.99 Å². The Kier molecular flexibility index (Phi) is 29.5. The minimum Gasteiger partial charge on any atom is -0.372 e. The smallest absolute Gasteiger partial charge is 0.372 e. The van der Waals surface area contributed by atoms with E-state index >= 15 is 0 Å². The van der Waals surface area contributed by atoms with E-state index in [-0.39, 0.29) is 0 Å². The summed E-state index contributed by atoms with van der Waals surface area (Å²) in [4.78, 5) is 4.71. The van der Waals surface area contributed by atoms with Crippen molar-refractivity contribution in [2.75, 3.05) is 0 Å². The summed E-state index contributed by atoms with van der Waals surface area (Å²) in [6, 6.07) is 1.19. The zero-order chi connectivity index (χ0) is 71.4. The summed E-state index contributed by atoms with van der Waals surface area (Å²) >= 11 is -11.9. The van der Waals surface area contributed by atoms with Crippen molar-refractivity contribution in [3.8, 4) is 0 Å². The van der Waals surface area contributed by atoms with E-state index in [4.69, 9.17) is 4.99 Å². The summed E-state index contributed by atoms with van der Waals surface area (Å²) in [6.07, 6.45) is 30.2. The molecule has 0 spiro atoms. The van der Waals surface area contributed by atoms with Crippen LogP contribution in [-0.4, -0.2) is 46.7 Å².